The van der Waals surface area contributed by atoms with E-state index in [2.05, 4.69) is 32.6 Å². The summed E-state index contributed by atoms with van der Waals surface area (Å²) in [7, 11) is 0. The number of piperidine rings is 1. The summed E-state index contributed by atoms with van der Waals surface area (Å²) in [6.07, 6.45) is 6.72. The molecule has 2 rings (SSSR count). The molecule has 2 heteroatoms. The highest BCUT2D eigenvalue weighted by atomic mass is 15.2. The topological polar surface area (TPSA) is 29.3 Å². The second-order valence-electron chi connectivity index (χ2n) is 7.45. The van der Waals surface area contributed by atoms with E-state index >= 15 is 0 Å². The Morgan fingerprint density at radius 2 is 1.61 bits per heavy atom. The largest absolute Gasteiger partial charge is 0.329 e. The van der Waals surface area contributed by atoms with Gasteiger partial charge in [-0.25, -0.2) is 0 Å². The summed E-state index contributed by atoms with van der Waals surface area (Å²) in [4.78, 5) is 2.78. The van der Waals surface area contributed by atoms with Gasteiger partial charge in [0.25, 0.3) is 0 Å². The number of hydrogen-bond acceptors (Lipinski definition) is 2. The van der Waals surface area contributed by atoms with Crippen LogP contribution in [-0.2, 0) is 0 Å². The molecule has 2 nitrogen and oxygen atoms in total. The highest BCUT2D eigenvalue weighted by molar-refractivity contribution is 5.00. The van der Waals surface area contributed by atoms with Crippen molar-refractivity contribution in [2.45, 2.75) is 71.4 Å². The van der Waals surface area contributed by atoms with E-state index in [1.54, 1.807) is 0 Å². The lowest BCUT2D eigenvalue weighted by atomic mass is 9.69. The number of nitrogens with two attached hydrogens (primary N) is 1. The van der Waals surface area contributed by atoms with Crippen molar-refractivity contribution in [2.24, 2.45) is 23.5 Å². The van der Waals surface area contributed by atoms with Crippen molar-refractivity contribution in [3.8, 4) is 0 Å². The molecular formula is C16H32N2. The second kappa shape index (κ2) is 5.50. The Morgan fingerprint density at radius 3 is 2.11 bits per heavy atom. The molecule has 2 fully saturated rings. The fourth-order valence-electron chi connectivity index (χ4n) is 4.86. The van der Waals surface area contributed by atoms with E-state index in [0.717, 1.165) is 30.3 Å². The lowest BCUT2D eigenvalue weighted by Crippen LogP contribution is -2.62. The molecule has 0 aromatic rings. The molecule has 106 valence electrons. The molecule has 1 aliphatic carbocycles. The van der Waals surface area contributed by atoms with Crippen LogP contribution >= 0.6 is 0 Å². The summed E-state index contributed by atoms with van der Waals surface area (Å²) in [5.74, 6) is 2.57. The van der Waals surface area contributed by atoms with E-state index in [1.807, 2.05) is 0 Å². The first-order chi connectivity index (χ1) is 8.47. The van der Waals surface area contributed by atoms with Crippen molar-refractivity contribution in [2.75, 3.05) is 13.1 Å². The van der Waals surface area contributed by atoms with E-state index in [9.17, 15) is 0 Å². The molecule has 4 atom stereocenters. The standard InChI is InChI=1S/C16H32N2/c1-12-5-6-18(15(4)8-12)16(11-17)9-13(2)7-14(3)10-16/h12-15H,5-11,17H2,1-4H3. The number of hydrogen-bond donors (Lipinski definition) is 1. The van der Waals surface area contributed by atoms with Crippen LogP contribution in [0, 0.1) is 17.8 Å². The zero-order chi connectivity index (χ0) is 13.3. The predicted octanol–water partition coefficient (Wildman–Crippen LogP) is 3.26. The fourth-order valence-corrected chi connectivity index (χ4v) is 4.86. The molecule has 1 saturated heterocycles. The zero-order valence-corrected chi connectivity index (χ0v) is 12.8. The van der Waals surface area contributed by atoms with Gasteiger partial charge in [-0.3, -0.25) is 4.90 Å². The minimum absolute atomic E-state index is 0.302. The van der Waals surface area contributed by atoms with Gasteiger partial charge in [-0.2, -0.15) is 0 Å². The van der Waals surface area contributed by atoms with E-state index in [4.69, 9.17) is 5.73 Å². The fraction of sp³-hybridized carbons (Fsp3) is 1.00. The molecule has 1 saturated carbocycles. The van der Waals surface area contributed by atoms with Gasteiger partial charge in [0.2, 0.25) is 0 Å². The van der Waals surface area contributed by atoms with Gasteiger partial charge in [-0.1, -0.05) is 20.8 Å². The minimum atomic E-state index is 0.302. The molecule has 0 aromatic carbocycles. The summed E-state index contributed by atoms with van der Waals surface area (Å²) in [6, 6.07) is 0.717. The maximum Gasteiger partial charge on any atom is 0.0339 e. The zero-order valence-electron chi connectivity index (χ0n) is 12.8. The Kier molecular flexibility index (Phi) is 4.38. The smallest absolute Gasteiger partial charge is 0.0339 e. The molecular weight excluding hydrogens is 220 g/mol. The van der Waals surface area contributed by atoms with Crippen molar-refractivity contribution in [3.63, 3.8) is 0 Å². The number of nitrogens with zero attached hydrogens (tertiary/aromatic N) is 1. The first-order valence-corrected chi connectivity index (χ1v) is 7.93. The van der Waals surface area contributed by atoms with Crippen molar-refractivity contribution in [1.82, 2.24) is 4.90 Å². The molecule has 0 radical (unpaired) electrons. The van der Waals surface area contributed by atoms with Gasteiger partial charge in [0, 0.05) is 18.1 Å². The quantitative estimate of drug-likeness (QED) is 0.817. The second-order valence-corrected chi connectivity index (χ2v) is 7.45. The highest BCUT2D eigenvalue weighted by Gasteiger charge is 2.44. The average molecular weight is 252 g/mol. The van der Waals surface area contributed by atoms with Crippen LogP contribution in [0.4, 0.5) is 0 Å². The molecule has 1 aliphatic heterocycles. The van der Waals surface area contributed by atoms with Gasteiger partial charge < -0.3 is 5.73 Å². The van der Waals surface area contributed by atoms with Crippen molar-refractivity contribution in [1.29, 1.82) is 0 Å². The monoisotopic (exact) mass is 252 g/mol. The first kappa shape index (κ1) is 14.3. The van der Waals surface area contributed by atoms with Crippen LogP contribution < -0.4 is 5.73 Å². The van der Waals surface area contributed by atoms with Crippen molar-refractivity contribution >= 4 is 0 Å². The lowest BCUT2D eigenvalue weighted by molar-refractivity contribution is -0.0320. The van der Waals surface area contributed by atoms with Crippen LogP contribution in [0.5, 0.6) is 0 Å². The Bertz CT molecular complexity index is 266. The summed E-state index contributed by atoms with van der Waals surface area (Å²) in [5.41, 5.74) is 6.55. The lowest BCUT2D eigenvalue weighted by Gasteiger charge is -2.54. The summed E-state index contributed by atoms with van der Waals surface area (Å²) < 4.78 is 0. The van der Waals surface area contributed by atoms with Gasteiger partial charge in [0.1, 0.15) is 0 Å². The minimum Gasteiger partial charge on any atom is -0.329 e. The van der Waals surface area contributed by atoms with Crippen LogP contribution in [0.25, 0.3) is 0 Å². The molecule has 0 spiro atoms. The number of rotatable bonds is 2. The molecule has 2 aliphatic rings. The highest BCUT2D eigenvalue weighted by Crippen LogP contribution is 2.42. The summed E-state index contributed by atoms with van der Waals surface area (Å²) in [6.45, 7) is 11.8. The predicted molar refractivity (Wildman–Crippen MR) is 78.5 cm³/mol. The van der Waals surface area contributed by atoms with Crippen molar-refractivity contribution in [3.05, 3.63) is 0 Å². The SMILES string of the molecule is CC1CCN(C2(CN)CC(C)CC(C)C2)C(C)C1. The normalized spacial score (nSPS) is 47.2. The molecule has 0 bridgehead atoms. The molecule has 1 heterocycles. The third-order valence-corrected chi connectivity index (χ3v) is 5.39. The van der Waals surface area contributed by atoms with Crippen LogP contribution in [0.2, 0.25) is 0 Å². The van der Waals surface area contributed by atoms with Crippen LogP contribution in [0.1, 0.15) is 59.8 Å². The summed E-state index contributed by atoms with van der Waals surface area (Å²) >= 11 is 0. The number of likely N-dealkylation sites (tertiary alicyclic amines) is 1. The van der Waals surface area contributed by atoms with E-state index in [0.29, 0.717) is 5.54 Å². The Balaban J connectivity index is 2.15. The maximum atomic E-state index is 6.25. The van der Waals surface area contributed by atoms with Crippen LogP contribution in [0.3, 0.4) is 0 Å². The van der Waals surface area contributed by atoms with Gasteiger partial charge >= 0.3 is 0 Å². The van der Waals surface area contributed by atoms with Gasteiger partial charge in [0.05, 0.1) is 0 Å². The summed E-state index contributed by atoms with van der Waals surface area (Å²) in [5, 5.41) is 0. The van der Waals surface area contributed by atoms with Crippen molar-refractivity contribution < 1.29 is 0 Å². The van der Waals surface area contributed by atoms with Crippen LogP contribution in [0.15, 0.2) is 0 Å². The molecule has 0 aromatic heterocycles. The van der Waals surface area contributed by atoms with E-state index in [1.165, 1.54) is 38.6 Å². The third-order valence-electron chi connectivity index (χ3n) is 5.39. The maximum absolute atomic E-state index is 6.25. The Hall–Kier alpha value is -0.0800. The van der Waals surface area contributed by atoms with E-state index < -0.39 is 0 Å². The first-order valence-electron chi connectivity index (χ1n) is 7.93. The van der Waals surface area contributed by atoms with Gasteiger partial charge in [-0.05, 0) is 63.3 Å². The molecule has 2 N–H and O–H groups in total. The molecule has 4 unspecified atom stereocenters. The molecule has 0 amide bonds. The average Bonchev–Trinajstić information content (AvgIpc) is 2.27. The third kappa shape index (κ3) is 2.75. The van der Waals surface area contributed by atoms with Gasteiger partial charge in [0.15, 0.2) is 0 Å². The van der Waals surface area contributed by atoms with Crippen LogP contribution in [-0.4, -0.2) is 29.6 Å². The Morgan fingerprint density at radius 1 is 1.00 bits per heavy atom. The van der Waals surface area contributed by atoms with E-state index in [-0.39, 0.29) is 0 Å². The Labute approximate surface area is 113 Å². The molecule has 18 heavy (non-hydrogen) atoms. The van der Waals surface area contributed by atoms with Gasteiger partial charge in [-0.15, -0.1) is 0 Å².